The average Bonchev–Trinajstić information content (AvgIpc) is 3.13. The van der Waals surface area contributed by atoms with Gasteiger partial charge in [0.1, 0.15) is 0 Å². The van der Waals surface area contributed by atoms with Crippen molar-refractivity contribution in [3.63, 3.8) is 0 Å². The molecule has 5 nitrogen and oxygen atoms in total. The van der Waals surface area contributed by atoms with E-state index in [1.165, 1.54) is 5.56 Å². The zero-order chi connectivity index (χ0) is 17.8. The van der Waals surface area contributed by atoms with Crippen molar-refractivity contribution in [2.45, 2.75) is 0 Å². The molecule has 1 aliphatic heterocycles. The molecule has 0 aliphatic carbocycles. The Balaban J connectivity index is 1.33. The summed E-state index contributed by atoms with van der Waals surface area (Å²) >= 11 is 0. The molecule has 132 valence electrons. The zero-order valence-electron chi connectivity index (χ0n) is 14.6. The van der Waals surface area contributed by atoms with E-state index in [1.54, 1.807) is 0 Å². The van der Waals surface area contributed by atoms with E-state index in [2.05, 4.69) is 39.4 Å². The Morgan fingerprint density at radius 3 is 2.54 bits per heavy atom. The fourth-order valence-electron chi connectivity index (χ4n) is 3.31. The first-order valence-corrected chi connectivity index (χ1v) is 8.97. The number of H-pyrrole nitrogens is 1. The third-order valence-electron chi connectivity index (χ3n) is 4.81. The van der Waals surface area contributed by atoms with Crippen molar-refractivity contribution in [1.82, 2.24) is 20.0 Å². The number of rotatable bonds is 4. The lowest BCUT2D eigenvalue weighted by Crippen LogP contribution is -2.48. The number of hydrogen-bond donors (Lipinski definition) is 1. The minimum atomic E-state index is 0.0157. The lowest BCUT2D eigenvalue weighted by atomic mass is 10.2. The first-order chi connectivity index (χ1) is 12.8. The lowest BCUT2D eigenvalue weighted by molar-refractivity contribution is 0.0646. The number of piperazine rings is 1. The molecular weight excluding hydrogens is 324 g/mol. The molecule has 0 spiro atoms. The maximum absolute atomic E-state index is 12.8. The summed E-state index contributed by atoms with van der Waals surface area (Å²) in [5, 5.41) is 8.07. The number of carbonyl (C=O) groups is 1. The molecule has 3 aromatic rings. The fourth-order valence-corrected chi connectivity index (χ4v) is 3.31. The van der Waals surface area contributed by atoms with Crippen LogP contribution in [0.3, 0.4) is 0 Å². The highest BCUT2D eigenvalue weighted by Crippen LogP contribution is 2.17. The summed E-state index contributed by atoms with van der Waals surface area (Å²) in [6.07, 6.45) is 4.33. The maximum Gasteiger partial charge on any atom is 0.275 e. The van der Waals surface area contributed by atoms with E-state index in [0.29, 0.717) is 5.69 Å². The molecule has 2 aromatic carbocycles. The van der Waals surface area contributed by atoms with E-state index in [4.69, 9.17) is 0 Å². The van der Waals surface area contributed by atoms with Crippen molar-refractivity contribution in [2.24, 2.45) is 0 Å². The molecule has 5 heteroatoms. The number of amides is 1. The van der Waals surface area contributed by atoms with E-state index >= 15 is 0 Å². The topological polar surface area (TPSA) is 52.2 Å². The summed E-state index contributed by atoms with van der Waals surface area (Å²) in [6.45, 7) is 4.14. The van der Waals surface area contributed by atoms with Gasteiger partial charge in [0.2, 0.25) is 0 Å². The first kappa shape index (κ1) is 16.5. The number of benzene rings is 2. The van der Waals surface area contributed by atoms with Gasteiger partial charge in [0.15, 0.2) is 5.69 Å². The Kier molecular flexibility index (Phi) is 4.80. The number of carbonyl (C=O) groups excluding carboxylic acids is 1. The first-order valence-electron chi connectivity index (χ1n) is 8.97. The van der Waals surface area contributed by atoms with E-state index in [1.807, 2.05) is 47.4 Å². The van der Waals surface area contributed by atoms with Crippen LogP contribution in [0, 0.1) is 0 Å². The van der Waals surface area contributed by atoms with Gasteiger partial charge in [0, 0.05) is 38.1 Å². The van der Waals surface area contributed by atoms with E-state index in [0.717, 1.165) is 43.6 Å². The van der Waals surface area contributed by atoms with Crippen LogP contribution in [0.4, 0.5) is 0 Å². The highest BCUT2D eigenvalue weighted by molar-refractivity contribution is 6.04. The van der Waals surface area contributed by atoms with Crippen molar-refractivity contribution in [3.05, 3.63) is 71.9 Å². The fraction of sp³-hybridized carbons (Fsp3) is 0.238. The van der Waals surface area contributed by atoms with Gasteiger partial charge >= 0.3 is 0 Å². The van der Waals surface area contributed by atoms with Crippen molar-refractivity contribution in [2.75, 3.05) is 32.7 Å². The summed E-state index contributed by atoms with van der Waals surface area (Å²) in [5.74, 6) is 0.0157. The zero-order valence-corrected chi connectivity index (χ0v) is 14.6. The Labute approximate surface area is 152 Å². The van der Waals surface area contributed by atoms with Gasteiger partial charge in [-0.15, -0.1) is 0 Å². The van der Waals surface area contributed by atoms with Crippen LogP contribution in [0.25, 0.3) is 17.0 Å². The molecule has 0 saturated carbocycles. The maximum atomic E-state index is 12.8. The monoisotopic (exact) mass is 346 g/mol. The van der Waals surface area contributed by atoms with E-state index in [9.17, 15) is 4.79 Å². The third-order valence-corrected chi connectivity index (χ3v) is 4.81. The molecule has 4 rings (SSSR count). The quantitative estimate of drug-likeness (QED) is 0.790. The van der Waals surface area contributed by atoms with Crippen LogP contribution < -0.4 is 0 Å². The number of nitrogens with zero attached hydrogens (tertiary/aromatic N) is 3. The molecule has 0 bridgehead atoms. The van der Waals surface area contributed by atoms with Crippen LogP contribution in [-0.4, -0.2) is 58.6 Å². The smallest absolute Gasteiger partial charge is 0.275 e. The summed E-state index contributed by atoms with van der Waals surface area (Å²) < 4.78 is 0. The summed E-state index contributed by atoms with van der Waals surface area (Å²) in [6, 6.07) is 18.1. The van der Waals surface area contributed by atoms with Gasteiger partial charge in [-0.3, -0.25) is 14.8 Å². The predicted octanol–water partition coefficient (Wildman–Crippen LogP) is 3.03. The molecule has 26 heavy (non-hydrogen) atoms. The normalized spacial score (nSPS) is 15.8. The second-order valence-corrected chi connectivity index (χ2v) is 6.52. The molecule has 1 saturated heterocycles. The van der Waals surface area contributed by atoms with Crippen LogP contribution >= 0.6 is 0 Å². The molecule has 0 unspecified atom stereocenters. The van der Waals surface area contributed by atoms with Crippen LogP contribution in [-0.2, 0) is 0 Å². The van der Waals surface area contributed by atoms with Gasteiger partial charge in [-0.1, -0.05) is 60.7 Å². The molecule has 1 N–H and O–H groups in total. The molecule has 1 fully saturated rings. The molecule has 2 heterocycles. The average molecular weight is 346 g/mol. The second-order valence-electron chi connectivity index (χ2n) is 6.52. The van der Waals surface area contributed by atoms with Crippen LogP contribution in [0.5, 0.6) is 0 Å². The second kappa shape index (κ2) is 7.54. The minimum Gasteiger partial charge on any atom is -0.335 e. The van der Waals surface area contributed by atoms with Gasteiger partial charge in [0.05, 0.1) is 5.52 Å². The molecule has 0 radical (unpaired) electrons. The van der Waals surface area contributed by atoms with Crippen molar-refractivity contribution < 1.29 is 4.79 Å². The molecule has 1 amide bonds. The Morgan fingerprint density at radius 1 is 1.00 bits per heavy atom. The number of aromatic amines is 1. The van der Waals surface area contributed by atoms with Gasteiger partial charge in [-0.2, -0.15) is 5.10 Å². The summed E-state index contributed by atoms with van der Waals surface area (Å²) in [5.41, 5.74) is 2.64. The molecular formula is C21H22N4O. The van der Waals surface area contributed by atoms with E-state index < -0.39 is 0 Å². The minimum absolute atomic E-state index is 0.0157. The largest absolute Gasteiger partial charge is 0.335 e. The van der Waals surface area contributed by atoms with Gasteiger partial charge in [-0.05, 0) is 11.6 Å². The van der Waals surface area contributed by atoms with Crippen molar-refractivity contribution in [1.29, 1.82) is 0 Å². The lowest BCUT2D eigenvalue weighted by Gasteiger charge is -2.33. The van der Waals surface area contributed by atoms with Crippen LogP contribution in [0.1, 0.15) is 16.1 Å². The highest BCUT2D eigenvalue weighted by Gasteiger charge is 2.24. The standard InChI is InChI=1S/C21H22N4O/c26-21(20-18-10-4-5-11-19(18)22-23-20)25-15-13-24(14-16-25)12-6-9-17-7-2-1-3-8-17/h1-11H,12-16H2,(H,22,23)/b9-6+. The highest BCUT2D eigenvalue weighted by atomic mass is 16.2. The summed E-state index contributed by atoms with van der Waals surface area (Å²) in [7, 11) is 0. The number of nitrogens with one attached hydrogen (secondary N) is 1. The van der Waals surface area contributed by atoms with Gasteiger partial charge in [0.25, 0.3) is 5.91 Å². The number of aromatic nitrogens is 2. The van der Waals surface area contributed by atoms with E-state index in [-0.39, 0.29) is 5.91 Å². The summed E-state index contributed by atoms with van der Waals surface area (Å²) in [4.78, 5) is 17.1. The Bertz CT molecular complexity index is 908. The van der Waals surface area contributed by atoms with Crippen LogP contribution in [0.15, 0.2) is 60.7 Å². The van der Waals surface area contributed by atoms with Gasteiger partial charge in [-0.25, -0.2) is 0 Å². The van der Waals surface area contributed by atoms with Crippen molar-refractivity contribution >= 4 is 22.9 Å². The predicted molar refractivity (Wildman–Crippen MR) is 104 cm³/mol. The molecule has 0 atom stereocenters. The van der Waals surface area contributed by atoms with Crippen LogP contribution in [0.2, 0.25) is 0 Å². The SMILES string of the molecule is O=C(c1n[nH]c2ccccc12)N1CCN(C/C=C/c2ccccc2)CC1. The van der Waals surface area contributed by atoms with Crippen molar-refractivity contribution in [3.8, 4) is 0 Å². The molecule has 1 aliphatic rings. The number of fused-ring (bicyclic) bond motifs is 1. The Morgan fingerprint density at radius 2 is 1.73 bits per heavy atom. The number of hydrogen-bond acceptors (Lipinski definition) is 3. The number of para-hydroxylation sites is 1. The van der Waals surface area contributed by atoms with Gasteiger partial charge < -0.3 is 4.90 Å². The third kappa shape index (κ3) is 3.53. The molecule has 1 aromatic heterocycles. The Hall–Kier alpha value is -2.92.